The van der Waals surface area contributed by atoms with Crippen molar-refractivity contribution in [1.82, 2.24) is 4.90 Å². The van der Waals surface area contributed by atoms with Crippen LogP contribution in [0.5, 0.6) is 5.75 Å². The van der Waals surface area contributed by atoms with Crippen LogP contribution >= 0.6 is 27.7 Å². The number of ether oxygens (including phenoxy) is 1. The fraction of sp³-hybridized carbons (Fsp3) is 0.120. The van der Waals surface area contributed by atoms with Gasteiger partial charge in [0, 0.05) is 28.7 Å². The van der Waals surface area contributed by atoms with E-state index in [0.717, 1.165) is 21.8 Å². The van der Waals surface area contributed by atoms with E-state index in [-0.39, 0.29) is 23.4 Å². The van der Waals surface area contributed by atoms with Crippen LogP contribution in [-0.4, -0.2) is 27.5 Å². The summed E-state index contributed by atoms with van der Waals surface area (Å²) in [6.07, 6.45) is 2.22. The van der Waals surface area contributed by atoms with E-state index in [1.165, 1.54) is 17.0 Å². The lowest BCUT2D eigenvalue weighted by Crippen LogP contribution is -2.30. The van der Waals surface area contributed by atoms with E-state index in [9.17, 15) is 19.7 Å². The molecule has 0 radical (unpaired) electrons. The minimum absolute atomic E-state index is 0.0127. The molecule has 3 aromatic carbocycles. The zero-order valence-corrected chi connectivity index (χ0v) is 20.3. The molecule has 0 unspecified atom stereocenters. The maximum atomic E-state index is 12.9. The maximum Gasteiger partial charge on any atom is 0.293 e. The summed E-state index contributed by atoms with van der Waals surface area (Å²) in [6.45, 7) is 0.420. The van der Waals surface area contributed by atoms with Gasteiger partial charge in [0.05, 0.1) is 9.83 Å². The Morgan fingerprint density at radius 1 is 1.00 bits per heavy atom. The number of hydrogen-bond acceptors (Lipinski definition) is 6. The highest BCUT2D eigenvalue weighted by Crippen LogP contribution is 2.35. The summed E-state index contributed by atoms with van der Waals surface area (Å²) in [5, 5.41) is 10.7. The maximum absolute atomic E-state index is 12.9. The van der Waals surface area contributed by atoms with Gasteiger partial charge in [0.15, 0.2) is 0 Å². The highest BCUT2D eigenvalue weighted by atomic mass is 79.9. The van der Waals surface area contributed by atoms with E-state index < -0.39 is 4.92 Å². The van der Waals surface area contributed by atoms with Gasteiger partial charge >= 0.3 is 0 Å². The van der Waals surface area contributed by atoms with E-state index in [0.29, 0.717) is 34.7 Å². The Morgan fingerprint density at radius 2 is 1.76 bits per heavy atom. The minimum atomic E-state index is -0.456. The highest BCUT2D eigenvalue weighted by Gasteiger charge is 2.34. The molecule has 3 aromatic rings. The third kappa shape index (κ3) is 5.73. The predicted molar refractivity (Wildman–Crippen MR) is 134 cm³/mol. The highest BCUT2D eigenvalue weighted by molar-refractivity contribution is 9.10. The van der Waals surface area contributed by atoms with E-state index in [1.807, 2.05) is 30.3 Å². The number of thioether (sulfide) groups is 1. The molecular formula is C25H19BrN2O5S. The van der Waals surface area contributed by atoms with E-state index in [4.69, 9.17) is 4.74 Å². The molecule has 9 heteroatoms. The Bertz CT molecular complexity index is 1280. The Balaban J connectivity index is 1.50. The third-order valence-electron chi connectivity index (χ3n) is 5.11. The van der Waals surface area contributed by atoms with Crippen LogP contribution in [0.1, 0.15) is 16.7 Å². The summed E-state index contributed by atoms with van der Waals surface area (Å²) in [5.74, 6) is 0.154. The zero-order valence-electron chi connectivity index (χ0n) is 17.8. The first-order valence-corrected chi connectivity index (χ1v) is 12.0. The molecule has 0 aromatic heterocycles. The van der Waals surface area contributed by atoms with Crippen molar-refractivity contribution in [3.8, 4) is 5.75 Å². The lowest BCUT2D eigenvalue weighted by molar-refractivity contribution is -0.384. The summed E-state index contributed by atoms with van der Waals surface area (Å²) in [7, 11) is 0. The summed E-state index contributed by atoms with van der Waals surface area (Å²) >= 11 is 4.33. The zero-order chi connectivity index (χ0) is 24.1. The minimum Gasteiger partial charge on any atom is -0.488 e. The van der Waals surface area contributed by atoms with Crippen LogP contribution in [-0.2, 0) is 17.8 Å². The molecule has 172 valence electrons. The predicted octanol–water partition coefficient (Wildman–Crippen LogP) is 6.22. The quantitative estimate of drug-likeness (QED) is 0.192. The van der Waals surface area contributed by atoms with Crippen LogP contribution in [0.4, 0.5) is 10.5 Å². The number of non-ortho nitro benzene ring substituents is 1. The first kappa shape index (κ1) is 23.7. The molecular weight excluding hydrogens is 520 g/mol. The van der Waals surface area contributed by atoms with Crippen molar-refractivity contribution >= 4 is 50.6 Å². The molecule has 0 N–H and O–H groups in total. The number of benzene rings is 3. The van der Waals surface area contributed by atoms with Gasteiger partial charge in [-0.1, -0.05) is 58.4 Å². The number of carbonyl (C=O) groups is 2. The number of halogens is 1. The molecule has 1 aliphatic heterocycles. The molecule has 7 nitrogen and oxygen atoms in total. The van der Waals surface area contributed by atoms with Gasteiger partial charge in [0.2, 0.25) is 0 Å². The van der Waals surface area contributed by atoms with Gasteiger partial charge in [-0.2, -0.15) is 0 Å². The number of carbonyl (C=O) groups excluding carboxylic acids is 2. The van der Waals surface area contributed by atoms with Gasteiger partial charge in [-0.3, -0.25) is 24.6 Å². The smallest absolute Gasteiger partial charge is 0.293 e. The lowest BCUT2D eigenvalue weighted by atomic mass is 10.1. The molecule has 0 aliphatic carbocycles. The molecule has 34 heavy (non-hydrogen) atoms. The second-order valence-corrected chi connectivity index (χ2v) is 9.38. The summed E-state index contributed by atoms with van der Waals surface area (Å²) in [4.78, 5) is 37.5. The number of nitrogens with zero attached hydrogens (tertiary/aromatic N) is 2. The Kier molecular flexibility index (Phi) is 7.44. The molecule has 1 heterocycles. The Morgan fingerprint density at radius 3 is 2.53 bits per heavy atom. The molecule has 1 saturated heterocycles. The number of nitro benzene ring substituents is 1. The molecule has 0 saturated carbocycles. The first-order valence-electron chi connectivity index (χ1n) is 10.4. The van der Waals surface area contributed by atoms with E-state index >= 15 is 0 Å². The first-order chi connectivity index (χ1) is 16.4. The van der Waals surface area contributed by atoms with Crippen LogP contribution in [0.15, 0.2) is 82.2 Å². The van der Waals surface area contributed by atoms with Gasteiger partial charge in [-0.15, -0.1) is 0 Å². The monoisotopic (exact) mass is 538 g/mol. The SMILES string of the molecule is O=C1S/C(=C\c2cc(Br)ccc2OCc2cccc([N+](=O)[O-])c2)C(=O)N1CCc1ccccc1. The number of rotatable bonds is 8. The third-order valence-corrected chi connectivity index (χ3v) is 6.52. The van der Waals surface area contributed by atoms with Crippen molar-refractivity contribution in [2.24, 2.45) is 0 Å². The second-order valence-electron chi connectivity index (χ2n) is 7.47. The average Bonchev–Trinajstić information content (AvgIpc) is 3.10. The van der Waals surface area contributed by atoms with Crippen molar-refractivity contribution in [3.63, 3.8) is 0 Å². The van der Waals surface area contributed by atoms with Crippen LogP contribution < -0.4 is 4.74 Å². The van der Waals surface area contributed by atoms with Gasteiger partial charge in [-0.25, -0.2) is 0 Å². The number of imide groups is 1. The second kappa shape index (κ2) is 10.7. The Labute approximate surface area is 208 Å². The summed E-state index contributed by atoms with van der Waals surface area (Å²) in [6, 6.07) is 21.2. The van der Waals surface area contributed by atoms with E-state index in [2.05, 4.69) is 15.9 Å². The van der Waals surface area contributed by atoms with Crippen LogP contribution in [0, 0.1) is 10.1 Å². The van der Waals surface area contributed by atoms with Crippen molar-refractivity contribution in [2.75, 3.05) is 6.54 Å². The Hall–Kier alpha value is -3.43. The van der Waals surface area contributed by atoms with Gasteiger partial charge in [-0.05, 0) is 53.6 Å². The van der Waals surface area contributed by atoms with Crippen molar-refractivity contribution in [2.45, 2.75) is 13.0 Å². The molecule has 1 fully saturated rings. The normalized spacial score (nSPS) is 14.6. The van der Waals surface area contributed by atoms with Crippen molar-refractivity contribution in [1.29, 1.82) is 0 Å². The molecule has 4 rings (SSSR count). The van der Waals surface area contributed by atoms with E-state index in [1.54, 1.807) is 36.4 Å². The topological polar surface area (TPSA) is 89.7 Å². The van der Waals surface area contributed by atoms with Crippen molar-refractivity contribution < 1.29 is 19.2 Å². The number of nitro groups is 1. The largest absolute Gasteiger partial charge is 0.488 e. The summed E-state index contributed by atoms with van der Waals surface area (Å²) < 4.78 is 6.69. The fourth-order valence-electron chi connectivity index (χ4n) is 3.40. The van der Waals surface area contributed by atoms with Crippen LogP contribution in [0.2, 0.25) is 0 Å². The van der Waals surface area contributed by atoms with Gasteiger partial charge in [0.25, 0.3) is 16.8 Å². The van der Waals surface area contributed by atoms with Gasteiger partial charge < -0.3 is 4.74 Å². The molecule has 0 bridgehead atoms. The molecule has 1 aliphatic rings. The molecule has 0 atom stereocenters. The summed E-state index contributed by atoms with van der Waals surface area (Å²) in [5.41, 5.74) is 2.30. The number of hydrogen-bond donors (Lipinski definition) is 0. The number of amides is 2. The average molecular weight is 539 g/mol. The fourth-order valence-corrected chi connectivity index (χ4v) is 4.64. The lowest BCUT2D eigenvalue weighted by Gasteiger charge is -2.12. The van der Waals surface area contributed by atoms with Gasteiger partial charge in [0.1, 0.15) is 12.4 Å². The van der Waals surface area contributed by atoms with Crippen molar-refractivity contribution in [3.05, 3.63) is 109 Å². The van der Waals surface area contributed by atoms with Crippen LogP contribution in [0.3, 0.4) is 0 Å². The van der Waals surface area contributed by atoms with Crippen LogP contribution in [0.25, 0.3) is 6.08 Å². The standard InChI is InChI=1S/C25H19BrN2O5S/c26-20-9-10-22(33-16-18-7-4-8-21(13-18)28(31)32)19(14-20)15-23-24(29)27(25(30)34-23)12-11-17-5-2-1-3-6-17/h1-10,13-15H,11-12,16H2/b23-15-. The molecule has 0 spiro atoms. The molecule has 2 amide bonds.